The number of rotatable bonds is 7. The van der Waals surface area contributed by atoms with E-state index in [0.717, 1.165) is 30.9 Å². The van der Waals surface area contributed by atoms with Crippen LogP contribution in [0.15, 0.2) is 24.3 Å². The smallest absolute Gasteiger partial charge is 0.225 e. The van der Waals surface area contributed by atoms with E-state index in [1.165, 1.54) is 5.56 Å². The Balaban J connectivity index is 1.78. The van der Waals surface area contributed by atoms with Gasteiger partial charge in [0, 0.05) is 19.5 Å². The Kier molecular flexibility index (Phi) is 5.78. The Morgan fingerprint density at radius 3 is 2.76 bits per heavy atom. The van der Waals surface area contributed by atoms with Crippen molar-refractivity contribution in [2.45, 2.75) is 38.8 Å². The van der Waals surface area contributed by atoms with E-state index in [4.69, 9.17) is 10.5 Å². The van der Waals surface area contributed by atoms with Crippen molar-refractivity contribution in [3.8, 4) is 0 Å². The zero-order valence-electron chi connectivity index (χ0n) is 14.6. The molecule has 134 valence electrons. The summed E-state index contributed by atoms with van der Waals surface area (Å²) in [6, 6.07) is 8.47. The summed E-state index contributed by atoms with van der Waals surface area (Å²) in [7, 11) is 0. The summed E-state index contributed by atoms with van der Waals surface area (Å²) in [6.07, 6.45) is 1.80. The fourth-order valence-electron chi connectivity index (χ4n) is 2.94. The summed E-state index contributed by atoms with van der Waals surface area (Å²) in [5, 5.41) is 7.80. The quantitative estimate of drug-likeness (QED) is 0.761. The highest BCUT2D eigenvalue weighted by Gasteiger charge is 2.19. The lowest BCUT2D eigenvalue weighted by Crippen LogP contribution is -2.40. The molecule has 3 rings (SSSR count). The number of amides is 1. The second-order valence-electron chi connectivity index (χ2n) is 6.32. The number of carbonyl (C=O) groups excluding carboxylic acids is 1. The molecule has 7 nitrogen and oxygen atoms in total. The number of nitrogens with two attached hydrogens (primary N) is 1. The van der Waals surface area contributed by atoms with Crippen molar-refractivity contribution < 1.29 is 9.53 Å². The zero-order valence-corrected chi connectivity index (χ0v) is 14.6. The largest absolute Gasteiger partial charge is 0.375 e. The summed E-state index contributed by atoms with van der Waals surface area (Å²) >= 11 is 0. The van der Waals surface area contributed by atoms with Crippen LogP contribution >= 0.6 is 0 Å². The van der Waals surface area contributed by atoms with Crippen LogP contribution in [0.1, 0.15) is 29.7 Å². The van der Waals surface area contributed by atoms with E-state index < -0.39 is 5.91 Å². The van der Waals surface area contributed by atoms with Crippen molar-refractivity contribution >= 4 is 5.91 Å². The van der Waals surface area contributed by atoms with Gasteiger partial charge in [0.05, 0.1) is 25.7 Å². The van der Waals surface area contributed by atoms with Crippen molar-refractivity contribution in [2.24, 2.45) is 5.73 Å². The third-order valence-electron chi connectivity index (χ3n) is 4.30. The van der Waals surface area contributed by atoms with Crippen LogP contribution in [0, 0.1) is 0 Å². The molecule has 7 heteroatoms. The Morgan fingerprint density at radius 1 is 1.36 bits per heavy atom. The minimum atomic E-state index is -0.424. The first kappa shape index (κ1) is 17.6. The van der Waals surface area contributed by atoms with Crippen molar-refractivity contribution in [3.05, 3.63) is 47.0 Å². The molecule has 1 amide bonds. The molecular formula is C18H25N5O2. The molecule has 1 aromatic carbocycles. The Bertz CT molecular complexity index is 705. The molecule has 0 aliphatic carbocycles. The molecule has 3 N–H and O–H groups in total. The average Bonchev–Trinajstić information content (AvgIpc) is 2.96. The van der Waals surface area contributed by atoms with Gasteiger partial charge in [0.2, 0.25) is 5.91 Å². The van der Waals surface area contributed by atoms with Gasteiger partial charge in [0.15, 0.2) is 5.82 Å². The van der Waals surface area contributed by atoms with Crippen LogP contribution in [-0.4, -0.2) is 46.5 Å². The summed E-state index contributed by atoms with van der Waals surface area (Å²) in [4.78, 5) is 15.7. The lowest BCUT2D eigenvalue weighted by Gasteiger charge is -2.23. The van der Waals surface area contributed by atoms with Crippen LogP contribution < -0.4 is 11.1 Å². The second kappa shape index (κ2) is 8.22. The highest BCUT2D eigenvalue weighted by molar-refractivity contribution is 5.75. The van der Waals surface area contributed by atoms with E-state index in [-0.39, 0.29) is 12.5 Å². The Labute approximate surface area is 147 Å². The molecule has 1 aromatic heterocycles. The van der Waals surface area contributed by atoms with Gasteiger partial charge in [-0.2, -0.15) is 5.10 Å². The first-order valence-electron chi connectivity index (χ1n) is 8.75. The van der Waals surface area contributed by atoms with E-state index in [0.29, 0.717) is 25.4 Å². The number of aryl methyl sites for hydroxylation is 1. The topological polar surface area (TPSA) is 95.1 Å². The first-order valence-corrected chi connectivity index (χ1v) is 8.75. The molecule has 2 aromatic rings. The number of nitrogens with one attached hydrogen (secondary N) is 1. The lowest BCUT2D eigenvalue weighted by molar-refractivity contribution is -0.117. The van der Waals surface area contributed by atoms with Gasteiger partial charge in [0.1, 0.15) is 5.82 Å². The summed E-state index contributed by atoms with van der Waals surface area (Å²) in [5.74, 6) is 0.868. The molecule has 0 spiro atoms. The third kappa shape index (κ3) is 4.87. The second-order valence-corrected chi connectivity index (χ2v) is 6.32. The van der Waals surface area contributed by atoms with Gasteiger partial charge in [-0.25, -0.2) is 9.67 Å². The Morgan fingerprint density at radius 2 is 2.12 bits per heavy atom. The van der Waals surface area contributed by atoms with Crippen molar-refractivity contribution in [1.29, 1.82) is 0 Å². The predicted molar refractivity (Wildman–Crippen MR) is 94.2 cm³/mol. The highest BCUT2D eigenvalue weighted by atomic mass is 16.5. The average molecular weight is 343 g/mol. The van der Waals surface area contributed by atoms with E-state index in [9.17, 15) is 4.79 Å². The summed E-state index contributed by atoms with van der Waals surface area (Å²) in [5.41, 5.74) is 7.74. The molecule has 1 unspecified atom stereocenters. The number of hydrogen-bond acceptors (Lipinski definition) is 5. The maximum Gasteiger partial charge on any atom is 0.225 e. The minimum absolute atomic E-state index is 0.0541. The maximum absolute atomic E-state index is 11.2. The highest BCUT2D eigenvalue weighted by Crippen LogP contribution is 2.12. The van der Waals surface area contributed by atoms with Crippen molar-refractivity contribution in [3.63, 3.8) is 0 Å². The molecule has 0 bridgehead atoms. The molecular weight excluding hydrogens is 318 g/mol. The van der Waals surface area contributed by atoms with Crippen LogP contribution in [-0.2, 0) is 35.3 Å². The molecule has 2 heterocycles. The Hall–Kier alpha value is -2.25. The van der Waals surface area contributed by atoms with Gasteiger partial charge >= 0.3 is 0 Å². The molecule has 1 fully saturated rings. The molecule has 1 aliphatic heterocycles. The number of nitrogens with zero attached hydrogens (tertiary/aromatic N) is 3. The van der Waals surface area contributed by atoms with Gasteiger partial charge < -0.3 is 15.8 Å². The summed E-state index contributed by atoms with van der Waals surface area (Å²) < 4.78 is 7.63. The van der Waals surface area contributed by atoms with E-state index in [2.05, 4.69) is 46.6 Å². The van der Waals surface area contributed by atoms with E-state index >= 15 is 0 Å². The number of carbonyl (C=O) groups is 1. The van der Waals surface area contributed by atoms with Gasteiger partial charge in [-0.1, -0.05) is 31.2 Å². The standard InChI is InChI=1S/C18H25N5O2/c1-2-13-3-5-14(6-4-13)12-23-18(9-15-11-20-7-8-25-15)21-17(22-23)10-16(19)24/h3-6,15,20H,2,7-12H2,1H3,(H2,19,24). The van der Waals surface area contributed by atoms with Crippen LogP contribution in [0.2, 0.25) is 0 Å². The zero-order chi connectivity index (χ0) is 17.6. The first-order chi connectivity index (χ1) is 12.1. The number of morpholine rings is 1. The number of primary amides is 1. The van der Waals surface area contributed by atoms with Crippen molar-refractivity contribution in [1.82, 2.24) is 20.1 Å². The van der Waals surface area contributed by atoms with Crippen LogP contribution in [0.3, 0.4) is 0 Å². The monoisotopic (exact) mass is 343 g/mol. The molecule has 1 saturated heterocycles. The molecule has 0 saturated carbocycles. The fraction of sp³-hybridized carbons (Fsp3) is 0.500. The normalized spacial score (nSPS) is 17.6. The van der Waals surface area contributed by atoms with E-state index in [1.54, 1.807) is 0 Å². The molecule has 1 aliphatic rings. The third-order valence-corrected chi connectivity index (χ3v) is 4.30. The minimum Gasteiger partial charge on any atom is -0.375 e. The summed E-state index contributed by atoms with van der Waals surface area (Å²) in [6.45, 7) is 5.12. The van der Waals surface area contributed by atoms with Gasteiger partial charge in [-0.15, -0.1) is 0 Å². The molecule has 0 radical (unpaired) electrons. The lowest BCUT2D eigenvalue weighted by atomic mass is 10.1. The van der Waals surface area contributed by atoms with Crippen molar-refractivity contribution in [2.75, 3.05) is 19.7 Å². The number of aromatic nitrogens is 3. The fourth-order valence-corrected chi connectivity index (χ4v) is 2.94. The van der Waals surface area contributed by atoms with Crippen LogP contribution in [0.25, 0.3) is 0 Å². The SMILES string of the molecule is CCc1ccc(Cn2nc(CC(N)=O)nc2CC2CNCCO2)cc1. The maximum atomic E-state index is 11.2. The van der Waals surface area contributed by atoms with E-state index in [1.807, 2.05) is 4.68 Å². The van der Waals surface area contributed by atoms with Crippen LogP contribution in [0.5, 0.6) is 0 Å². The molecule has 1 atom stereocenters. The van der Waals surface area contributed by atoms with Gasteiger partial charge in [-0.05, 0) is 17.5 Å². The number of benzene rings is 1. The molecule has 25 heavy (non-hydrogen) atoms. The van der Waals surface area contributed by atoms with Gasteiger partial charge in [-0.3, -0.25) is 4.79 Å². The van der Waals surface area contributed by atoms with Crippen LogP contribution in [0.4, 0.5) is 0 Å². The number of hydrogen-bond donors (Lipinski definition) is 2. The number of ether oxygens (including phenoxy) is 1. The predicted octanol–water partition coefficient (Wildman–Crippen LogP) is 0.448. The van der Waals surface area contributed by atoms with Gasteiger partial charge in [0.25, 0.3) is 0 Å².